The molecule has 2 unspecified atom stereocenters. The maximum absolute atomic E-state index is 10.8. The van der Waals surface area contributed by atoms with Crippen LogP contribution in [0.15, 0.2) is 6.20 Å². The molecule has 0 radical (unpaired) electrons. The van der Waals surface area contributed by atoms with Gasteiger partial charge in [-0.05, 0) is 64.5 Å². The fraction of sp³-hybridized carbons (Fsp3) is 0.737. The average Bonchev–Trinajstić information content (AvgIpc) is 2.54. The summed E-state index contributed by atoms with van der Waals surface area (Å²) in [5.41, 5.74) is 1.29. The molecule has 5 nitrogen and oxygen atoms in total. The molecular formula is C19H32N4O. The number of aromatic nitrogens is 2. The fourth-order valence-corrected chi connectivity index (χ4v) is 3.60. The van der Waals surface area contributed by atoms with Crippen LogP contribution in [0.5, 0.6) is 0 Å². The van der Waals surface area contributed by atoms with Gasteiger partial charge in [0.15, 0.2) is 6.29 Å². The number of hydrogen-bond donors (Lipinski definition) is 1. The molecule has 1 N–H and O–H groups in total. The summed E-state index contributed by atoms with van der Waals surface area (Å²) in [6, 6.07) is 0.749. The Hall–Kier alpha value is -1.49. The summed E-state index contributed by atoms with van der Waals surface area (Å²) in [4.78, 5) is 21.8. The quantitative estimate of drug-likeness (QED) is 0.583. The Morgan fingerprint density at radius 2 is 2.25 bits per heavy atom. The molecule has 0 aromatic carbocycles. The van der Waals surface area contributed by atoms with Crippen LogP contribution >= 0.6 is 0 Å². The van der Waals surface area contributed by atoms with Crippen LogP contribution in [0.25, 0.3) is 0 Å². The third-order valence-corrected chi connectivity index (χ3v) is 5.08. The van der Waals surface area contributed by atoms with E-state index in [-0.39, 0.29) is 0 Å². The van der Waals surface area contributed by atoms with Crippen LogP contribution in [-0.4, -0.2) is 47.3 Å². The minimum atomic E-state index is 0.558. The Morgan fingerprint density at radius 3 is 2.92 bits per heavy atom. The number of piperidine rings is 1. The predicted octanol–water partition coefficient (Wildman–Crippen LogP) is 3.55. The topological polar surface area (TPSA) is 58.1 Å². The number of anilines is 1. The van der Waals surface area contributed by atoms with Gasteiger partial charge in [0.05, 0.1) is 11.3 Å². The van der Waals surface area contributed by atoms with E-state index in [4.69, 9.17) is 0 Å². The highest BCUT2D eigenvalue weighted by Crippen LogP contribution is 2.28. The van der Waals surface area contributed by atoms with Crippen LogP contribution in [0.1, 0.15) is 62.0 Å². The summed E-state index contributed by atoms with van der Waals surface area (Å²) >= 11 is 0. The minimum Gasteiger partial charge on any atom is -0.354 e. The second kappa shape index (κ2) is 9.11. The Morgan fingerprint density at radius 1 is 1.46 bits per heavy atom. The first-order valence-corrected chi connectivity index (χ1v) is 9.22. The summed E-state index contributed by atoms with van der Waals surface area (Å²) in [5.74, 6) is 2.23. The van der Waals surface area contributed by atoms with Crippen molar-refractivity contribution in [2.75, 3.05) is 25.5 Å². The molecule has 0 aliphatic carbocycles. The first-order valence-electron chi connectivity index (χ1n) is 9.22. The number of nitrogens with one attached hydrogen (secondary N) is 1. The summed E-state index contributed by atoms with van der Waals surface area (Å²) in [6.07, 6.45) is 8.74. The van der Waals surface area contributed by atoms with Crippen molar-refractivity contribution in [3.63, 3.8) is 0 Å². The molecule has 0 amide bonds. The van der Waals surface area contributed by atoms with E-state index in [1.54, 1.807) is 6.20 Å². The molecule has 1 saturated heterocycles. The average molecular weight is 332 g/mol. The normalized spacial score (nSPS) is 21.9. The summed E-state index contributed by atoms with van der Waals surface area (Å²) in [6.45, 7) is 8.59. The molecule has 134 valence electrons. The number of rotatable bonds is 8. The van der Waals surface area contributed by atoms with E-state index in [1.807, 2.05) is 6.92 Å². The number of hydrogen-bond acceptors (Lipinski definition) is 5. The zero-order chi connectivity index (χ0) is 17.5. The van der Waals surface area contributed by atoms with Crippen LogP contribution < -0.4 is 5.32 Å². The van der Waals surface area contributed by atoms with E-state index in [1.165, 1.54) is 32.2 Å². The van der Waals surface area contributed by atoms with E-state index in [0.717, 1.165) is 42.8 Å². The van der Waals surface area contributed by atoms with Gasteiger partial charge in [0, 0.05) is 18.8 Å². The molecule has 0 bridgehead atoms. The maximum atomic E-state index is 10.8. The van der Waals surface area contributed by atoms with E-state index >= 15 is 0 Å². The molecule has 0 spiro atoms. The summed E-state index contributed by atoms with van der Waals surface area (Å²) in [5, 5.41) is 3.28. The van der Waals surface area contributed by atoms with Crippen molar-refractivity contribution in [2.45, 2.75) is 58.9 Å². The van der Waals surface area contributed by atoms with Gasteiger partial charge in [0.2, 0.25) is 5.95 Å². The fourth-order valence-electron chi connectivity index (χ4n) is 3.60. The van der Waals surface area contributed by atoms with Crippen molar-refractivity contribution >= 4 is 12.2 Å². The van der Waals surface area contributed by atoms with Crippen molar-refractivity contribution in [1.29, 1.82) is 0 Å². The Kier molecular flexibility index (Phi) is 7.16. The Bertz CT molecular complexity index is 532. The monoisotopic (exact) mass is 332 g/mol. The lowest BCUT2D eigenvalue weighted by Gasteiger charge is -2.38. The van der Waals surface area contributed by atoms with Crippen LogP contribution in [0, 0.1) is 18.8 Å². The Labute approximate surface area is 146 Å². The predicted molar refractivity (Wildman–Crippen MR) is 98.5 cm³/mol. The first kappa shape index (κ1) is 18.8. The maximum Gasteiger partial charge on any atom is 0.222 e. The molecular weight excluding hydrogens is 300 g/mol. The minimum absolute atomic E-state index is 0.558. The van der Waals surface area contributed by atoms with Crippen molar-refractivity contribution in [2.24, 2.45) is 11.8 Å². The van der Waals surface area contributed by atoms with Gasteiger partial charge in [0.1, 0.15) is 0 Å². The van der Waals surface area contributed by atoms with Gasteiger partial charge in [-0.25, -0.2) is 9.97 Å². The smallest absolute Gasteiger partial charge is 0.222 e. The molecule has 2 atom stereocenters. The molecule has 24 heavy (non-hydrogen) atoms. The van der Waals surface area contributed by atoms with E-state index in [9.17, 15) is 4.79 Å². The standard InChI is InChI=1S/C19H32N4O/c1-14(2)10-18-11-16(7-9-23(18)4)6-5-8-20-19-21-12-17(13-24)15(3)22-19/h12-14,16,18H,5-11H2,1-4H3,(H,20,21,22). The number of carbonyl (C=O) groups excluding carboxylic acids is 1. The number of aryl methyl sites for hydroxylation is 1. The first-order chi connectivity index (χ1) is 11.5. The van der Waals surface area contributed by atoms with Crippen LogP contribution in [0.2, 0.25) is 0 Å². The summed E-state index contributed by atoms with van der Waals surface area (Å²) in [7, 11) is 2.27. The van der Waals surface area contributed by atoms with Gasteiger partial charge in [-0.3, -0.25) is 4.79 Å². The largest absolute Gasteiger partial charge is 0.354 e. The lowest BCUT2D eigenvalue weighted by atomic mass is 9.84. The second-order valence-corrected chi connectivity index (χ2v) is 7.58. The molecule has 1 fully saturated rings. The molecule has 5 heteroatoms. The molecule has 2 heterocycles. The van der Waals surface area contributed by atoms with Crippen molar-refractivity contribution in [1.82, 2.24) is 14.9 Å². The lowest BCUT2D eigenvalue weighted by Crippen LogP contribution is -2.40. The SMILES string of the molecule is Cc1nc(NCCCC2CCN(C)C(CC(C)C)C2)ncc1C=O. The van der Waals surface area contributed by atoms with Crippen molar-refractivity contribution in [3.8, 4) is 0 Å². The van der Waals surface area contributed by atoms with Gasteiger partial charge in [-0.1, -0.05) is 13.8 Å². The van der Waals surface area contributed by atoms with Gasteiger partial charge < -0.3 is 10.2 Å². The van der Waals surface area contributed by atoms with Gasteiger partial charge in [-0.2, -0.15) is 0 Å². The van der Waals surface area contributed by atoms with E-state index in [2.05, 4.69) is 41.1 Å². The highest BCUT2D eigenvalue weighted by atomic mass is 16.1. The van der Waals surface area contributed by atoms with Gasteiger partial charge >= 0.3 is 0 Å². The molecule has 1 aromatic heterocycles. The third kappa shape index (κ3) is 5.55. The molecule has 1 aromatic rings. The Balaban J connectivity index is 1.72. The molecule has 1 aliphatic rings. The number of carbonyl (C=O) groups is 1. The lowest BCUT2D eigenvalue weighted by molar-refractivity contribution is 0.112. The molecule has 2 rings (SSSR count). The summed E-state index contributed by atoms with van der Waals surface area (Å²) < 4.78 is 0. The number of aldehydes is 1. The van der Waals surface area contributed by atoms with Crippen LogP contribution in [0.4, 0.5) is 5.95 Å². The molecule has 0 saturated carbocycles. The van der Waals surface area contributed by atoms with E-state index in [0.29, 0.717) is 11.5 Å². The van der Waals surface area contributed by atoms with Gasteiger partial charge in [-0.15, -0.1) is 0 Å². The zero-order valence-electron chi connectivity index (χ0n) is 15.6. The zero-order valence-corrected chi connectivity index (χ0v) is 15.6. The van der Waals surface area contributed by atoms with Crippen molar-refractivity contribution in [3.05, 3.63) is 17.5 Å². The van der Waals surface area contributed by atoms with E-state index < -0.39 is 0 Å². The second-order valence-electron chi connectivity index (χ2n) is 7.58. The van der Waals surface area contributed by atoms with Crippen molar-refractivity contribution < 1.29 is 4.79 Å². The third-order valence-electron chi connectivity index (χ3n) is 5.08. The highest BCUT2D eigenvalue weighted by Gasteiger charge is 2.26. The number of likely N-dealkylation sites (tertiary alicyclic amines) is 1. The molecule has 1 aliphatic heterocycles. The van der Waals surface area contributed by atoms with Crippen LogP contribution in [0.3, 0.4) is 0 Å². The highest BCUT2D eigenvalue weighted by molar-refractivity contribution is 5.75. The van der Waals surface area contributed by atoms with Crippen LogP contribution in [-0.2, 0) is 0 Å². The number of nitrogens with zero attached hydrogens (tertiary/aromatic N) is 3. The van der Waals surface area contributed by atoms with Gasteiger partial charge in [0.25, 0.3) is 0 Å².